The number of aliphatic hydroxyl groups is 1. The predicted molar refractivity (Wildman–Crippen MR) is 95.1 cm³/mol. The van der Waals surface area contributed by atoms with Gasteiger partial charge in [0.2, 0.25) is 0 Å². The van der Waals surface area contributed by atoms with Crippen LogP contribution in [0.2, 0.25) is 0 Å². The van der Waals surface area contributed by atoms with Gasteiger partial charge in [-0.05, 0) is 41.0 Å². The minimum absolute atomic E-state index is 0.0248. The van der Waals surface area contributed by atoms with E-state index in [9.17, 15) is 9.50 Å². The first-order valence-electron chi connectivity index (χ1n) is 8.17. The summed E-state index contributed by atoms with van der Waals surface area (Å²) >= 11 is 0. The molecule has 1 aromatic carbocycles. The van der Waals surface area contributed by atoms with Crippen molar-refractivity contribution in [3.63, 3.8) is 0 Å². The SMILES string of the molecule is OCCN(Cc1cccnc1)Cc1ccc(-c2ccncc2)cc1F. The Kier molecular flexibility index (Phi) is 5.82. The molecule has 0 spiro atoms. The zero-order chi connectivity index (χ0) is 17.5. The highest BCUT2D eigenvalue weighted by Crippen LogP contribution is 2.22. The maximum absolute atomic E-state index is 14.6. The van der Waals surface area contributed by atoms with Crippen molar-refractivity contribution in [1.29, 1.82) is 0 Å². The van der Waals surface area contributed by atoms with Crippen molar-refractivity contribution in [2.45, 2.75) is 13.1 Å². The zero-order valence-corrected chi connectivity index (χ0v) is 13.8. The minimum Gasteiger partial charge on any atom is -0.395 e. The summed E-state index contributed by atoms with van der Waals surface area (Å²) in [5.41, 5.74) is 3.40. The van der Waals surface area contributed by atoms with Crippen molar-refractivity contribution in [2.75, 3.05) is 13.2 Å². The largest absolute Gasteiger partial charge is 0.395 e. The Hall–Kier alpha value is -2.63. The second-order valence-electron chi connectivity index (χ2n) is 5.84. The molecule has 2 heterocycles. The Bertz CT molecular complexity index is 797. The topological polar surface area (TPSA) is 49.2 Å². The summed E-state index contributed by atoms with van der Waals surface area (Å²) in [6, 6.07) is 12.8. The fourth-order valence-electron chi connectivity index (χ4n) is 2.75. The molecule has 5 heteroatoms. The third kappa shape index (κ3) is 4.68. The first-order chi connectivity index (χ1) is 12.3. The molecule has 128 valence electrons. The third-order valence-corrected chi connectivity index (χ3v) is 4.01. The normalized spacial score (nSPS) is 11.0. The van der Waals surface area contributed by atoms with Gasteiger partial charge in [0.15, 0.2) is 0 Å². The molecule has 0 atom stereocenters. The lowest BCUT2D eigenvalue weighted by Gasteiger charge is -2.22. The standard InChI is InChI=1S/C20H20FN3O/c21-20-12-18(17-5-8-22-9-6-17)3-4-19(20)15-24(10-11-25)14-16-2-1-7-23-13-16/h1-9,12-13,25H,10-11,14-15H2. The van der Waals surface area contributed by atoms with E-state index in [1.165, 1.54) is 0 Å². The van der Waals surface area contributed by atoms with Gasteiger partial charge in [0, 0.05) is 50.0 Å². The fourth-order valence-corrected chi connectivity index (χ4v) is 2.75. The summed E-state index contributed by atoms with van der Waals surface area (Å²) in [6.07, 6.45) is 6.89. The molecular formula is C20H20FN3O. The number of hydrogen-bond acceptors (Lipinski definition) is 4. The Labute approximate surface area is 146 Å². The Morgan fingerprint density at radius 1 is 0.920 bits per heavy atom. The Balaban J connectivity index is 1.75. The maximum atomic E-state index is 14.6. The van der Waals surface area contributed by atoms with Crippen LogP contribution in [0.15, 0.2) is 67.3 Å². The van der Waals surface area contributed by atoms with Crippen LogP contribution in [0.25, 0.3) is 11.1 Å². The summed E-state index contributed by atoms with van der Waals surface area (Å²) in [5.74, 6) is -0.247. The second kappa shape index (κ2) is 8.46. The quantitative estimate of drug-likeness (QED) is 0.719. The van der Waals surface area contributed by atoms with Crippen molar-refractivity contribution in [2.24, 2.45) is 0 Å². The highest BCUT2D eigenvalue weighted by Gasteiger charge is 2.11. The lowest BCUT2D eigenvalue weighted by molar-refractivity contribution is 0.182. The van der Waals surface area contributed by atoms with Crippen LogP contribution in [0.4, 0.5) is 4.39 Å². The van der Waals surface area contributed by atoms with E-state index in [1.807, 2.05) is 35.2 Å². The van der Waals surface area contributed by atoms with Gasteiger partial charge in [-0.2, -0.15) is 0 Å². The molecule has 3 rings (SSSR count). The summed E-state index contributed by atoms with van der Waals surface area (Å²) in [4.78, 5) is 10.1. The first-order valence-corrected chi connectivity index (χ1v) is 8.17. The van der Waals surface area contributed by atoms with E-state index in [-0.39, 0.29) is 12.4 Å². The van der Waals surface area contributed by atoms with Gasteiger partial charge in [-0.3, -0.25) is 14.9 Å². The predicted octanol–water partition coefficient (Wildman–Crippen LogP) is 3.28. The molecular weight excluding hydrogens is 317 g/mol. The molecule has 1 N–H and O–H groups in total. The average Bonchev–Trinajstić information content (AvgIpc) is 2.65. The summed E-state index contributed by atoms with van der Waals surface area (Å²) < 4.78 is 14.6. The van der Waals surface area contributed by atoms with Crippen LogP contribution < -0.4 is 0 Å². The molecule has 0 saturated carbocycles. The number of pyridine rings is 2. The third-order valence-electron chi connectivity index (χ3n) is 4.01. The average molecular weight is 337 g/mol. The lowest BCUT2D eigenvalue weighted by atomic mass is 10.0. The Morgan fingerprint density at radius 3 is 2.44 bits per heavy atom. The second-order valence-corrected chi connectivity index (χ2v) is 5.84. The van der Waals surface area contributed by atoms with Crippen molar-refractivity contribution in [3.05, 3.63) is 84.2 Å². The molecule has 0 amide bonds. The molecule has 0 fully saturated rings. The molecule has 0 aliphatic carbocycles. The van der Waals surface area contributed by atoms with E-state index in [1.54, 1.807) is 36.9 Å². The number of nitrogens with zero attached hydrogens (tertiary/aromatic N) is 3. The Morgan fingerprint density at radius 2 is 1.76 bits per heavy atom. The van der Waals surface area contributed by atoms with E-state index >= 15 is 0 Å². The van der Waals surface area contributed by atoms with E-state index in [4.69, 9.17) is 0 Å². The van der Waals surface area contributed by atoms with E-state index in [0.29, 0.717) is 25.2 Å². The van der Waals surface area contributed by atoms with Crippen molar-refractivity contribution >= 4 is 0 Å². The molecule has 2 aromatic heterocycles. The van der Waals surface area contributed by atoms with Gasteiger partial charge in [-0.25, -0.2) is 4.39 Å². The molecule has 0 aliphatic rings. The van der Waals surface area contributed by atoms with Gasteiger partial charge in [-0.1, -0.05) is 18.2 Å². The molecule has 0 bridgehead atoms. The van der Waals surface area contributed by atoms with E-state index in [2.05, 4.69) is 9.97 Å². The van der Waals surface area contributed by atoms with Gasteiger partial charge in [-0.15, -0.1) is 0 Å². The minimum atomic E-state index is -0.247. The first kappa shape index (κ1) is 17.2. The number of aliphatic hydroxyl groups excluding tert-OH is 1. The fraction of sp³-hybridized carbons (Fsp3) is 0.200. The number of halogens is 1. The number of benzene rings is 1. The van der Waals surface area contributed by atoms with Crippen molar-refractivity contribution < 1.29 is 9.50 Å². The van der Waals surface area contributed by atoms with Crippen LogP contribution in [-0.2, 0) is 13.1 Å². The van der Waals surface area contributed by atoms with Gasteiger partial charge in [0.1, 0.15) is 5.82 Å². The van der Waals surface area contributed by atoms with Gasteiger partial charge in [0.05, 0.1) is 6.61 Å². The zero-order valence-electron chi connectivity index (χ0n) is 13.8. The number of hydrogen-bond donors (Lipinski definition) is 1. The van der Waals surface area contributed by atoms with Crippen LogP contribution in [0.1, 0.15) is 11.1 Å². The molecule has 0 radical (unpaired) electrons. The highest BCUT2D eigenvalue weighted by molar-refractivity contribution is 5.63. The van der Waals surface area contributed by atoms with Crippen LogP contribution in [0, 0.1) is 5.82 Å². The van der Waals surface area contributed by atoms with Crippen molar-refractivity contribution in [3.8, 4) is 11.1 Å². The van der Waals surface area contributed by atoms with Crippen LogP contribution in [-0.4, -0.2) is 33.1 Å². The molecule has 3 aromatic rings. The number of aromatic nitrogens is 2. The molecule has 0 saturated heterocycles. The molecule has 0 aliphatic heterocycles. The summed E-state index contributed by atoms with van der Waals surface area (Å²) in [7, 11) is 0. The van der Waals surface area contributed by atoms with E-state index in [0.717, 1.165) is 16.7 Å². The van der Waals surface area contributed by atoms with Crippen LogP contribution >= 0.6 is 0 Å². The van der Waals surface area contributed by atoms with Crippen LogP contribution in [0.5, 0.6) is 0 Å². The van der Waals surface area contributed by atoms with Gasteiger partial charge in [0.25, 0.3) is 0 Å². The molecule has 4 nitrogen and oxygen atoms in total. The van der Waals surface area contributed by atoms with E-state index < -0.39 is 0 Å². The maximum Gasteiger partial charge on any atom is 0.128 e. The van der Waals surface area contributed by atoms with Crippen LogP contribution in [0.3, 0.4) is 0 Å². The smallest absolute Gasteiger partial charge is 0.128 e. The lowest BCUT2D eigenvalue weighted by Crippen LogP contribution is -2.26. The number of rotatable bonds is 7. The van der Waals surface area contributed by atoms with Gasteiger partial charge >= 0.3 is 0 Å². The molecule has 25 heavy (non-hydrogen) atoms. The monoisotopic (exact) mass is 337 g/mol. The highest BCUT2D eigenvalue weighted by atomic mass is 19.1. The summed E-state index contributed by atoms with van der Waals surface area (Å²) in [6.45, 7) is 1.54. The summed E-state index contributed by atoms with van der Waals surface area (Å²) in [5, 5.41) is 9.30. The van der Waals surface area contributed by atoms with Gasteiger partial charge < -0.3 is 5.11 Å². The van der Waals surface area contributed by atoms with Crippen molar-refractivity contribution in [1.82, 2.24) is 14.9 Å². The molecule has 0 unspecified atom stereocenters.